The van der Waals surface area contributed by atoms with Crippen molar-refractivity contribution in [3.05, 3.63) is 54.1 Å². The van der Waals surface area contributed by atoms with E-state index in [1.54, 1.807) is 24.3 Å². The molecule has 3 rings (SSSR count). The van der Waals surface area contributed by atoms with E-state index < -0.39 is 0 Å². The topological polar surface area (TPSA) is 108 Å². The molecule has 7 nitrogen and oxygen atoms in total. The predicted molar refractivity (Wildman–Crippen MR) is 93.2 cm³/mol. The first-order chi connectivity index (χ1) is 11.3. The summed E-state index contributed by atoms with van der Waals surface area (Å²) < 4.78 is 1.09. The molecule has 0 aliphatic carbocycles. The second-order valence-electron chi connectivity index (χ2n) is 4.67. The Kier molecular flexibility index (Phi) is 4.67. The van der Waals surface area contributed by atoms with Gasteiger partial charge in [-0.15, -0.1) is 0 Å². The number of benzene rings is 2. The van der Waals surface area contributed by atoms with Gasteiger partial charge in [-0.3, -0.25) is 16.3 Å². The lowest BCUT2D eigenvalue weighted by molar-refractivity contribution is 0.282. The third-order valence-corrected chi connectivity index (χ3v) is 4.03. The molecule has 0 radical (unpaired) electrons. The molecule has 0 bridgehead atoms. The molecule has 0 saturated heterocycles. The number of hydrogen-bond acceptors (Lipinski definition) is 6. The first-order valence-corrected chi connectivity index (χ1v) is 7.73. The van der Waals surface area contributed by atoms with Gasteiger partial charge in [-0.2, -0.15) is 0 Å². The number of aliphatic hydroxyl groups is 1. The van der Waals surface area contributed by atoms with Crippen LogP contribution in [0.3, 0.4) is 0 Å². The highest BCUT2D eigenvalue weighted by molar-refractivity contribution is 7.22. The minimum atomic E-state index is 0.00338. The summed E-state index contributed by atoms with van der Waals surface area (Å²) in [5.74, 6) is 5.82. The van der Waals surface area contributed by atoms with E-state index in [1.807, 2.05) is 24.3 Å². The van der Waals surface area contributed by atoms with Crippen molar-refractivity contribution in [3.63, 3.8) is 0 Å². The third-order valence-electron chi connectivity index (χ3n) is 3.08. The minimum Gasteiger partial charge on any atom is -0.392 e. The van der Waals surface area contributed by atoms with Crippen molar-refractivity contribution >= 4 is 38.3 Å². The quantitative estimate of drug-likeness (QED) is 0.216. The number of guanidine groups is 1. The average molecular weight is 328 g/mol. The molecule has 3 aromatic rings. The standard InChI is InChI=1S/C15H16N6OS/c16-19-14(17-11-7-5-10(9-22)6-8-11)20-21-15-18-12-3-1-2-4-13(12)23-15/h1-8,22H,9,16H2,(H,18,21)(H2,17,19,20). The van der Waals surface area contributed by atoms with Crippen LogP contribution in [0.15, 0.2) is 53.5 Å². The Balaban J connectivity index is 1.69. The van der Waals surface area contributed by atoms with E-state index in [0.717, 1.165) is 15.8 Å². The second kappa shape index (κ2) is 7.05. The van der Waals surface area contributed by atoms with Crippen LogP contribution in [0.25, 0.3) is 10.2 Å². The van der Waals surface area contributed by atoms with Gasteiger partial charge in [0.1, 0.15) is 0 Å². The molecule has 0 saturated carbocycles. The van der Waals surface area contributed by atoms with Gasteiger partial charge in [-0.25, -0.2) is 15.8 Å². The number of fused-ring (bicyclic) bond motifs is 1. The van der Waals surface area contributed by atoms with Crippen molar-refractivity contribution in [1.82, 2.24) is 15.8 Å². The summed E-state index contributed by atoms with van der Waals surface area (Å²) in [5.41, 5.74) is 10.8. The van der Waals surface area contributed by atoms with Gasteiger partial charge in [-0.05, 0) is 29.8 Å². The van der Waals surface area contributed by atoms with E-state index in [0.29, 0.717) is 16.8 Å². The normalized spacial score (nSPS) is 11.5. The number of hydrogen-bond donors (Lipinski definition) is 5. The highest BCUT2D eigenvalue weighted by Crippen LogP contribution is 2.24. The minimum absolute atomic E-state index is 0.00338. The van der Waals surface area contributed by atoms with Crippen LogP contribution in [-0.2, 0) is 6.61 Å². The van der Waals surface area contributed by atoms with Crippen LogP contribution in [0.5, 0.6) is 0 Å². The number of aliphatic hydroxyl groups excluding tert-OH is 1. The van der Waals surface area contributed by atoms with Gasteiger partial charge in [0.2, 0.25) is 11.1 Å². The summed E-state index contributed by atoms with van der Waals surface area (Å²) in [5, 5.41) is 9.74. The van der Waals surface area contributed by atoms with Crippen molar-refractivity contribution in [1.29, 1.82) is 0 Å². The van der Waals surface area contributed by atoms with Crippen LogP contribution in [0, 0.1) is 0 Å². The second-order valence-corrected chi connectivity index (χ2v) is 5.70. The molecular formula is C15H16N6OS. The summed E-state index contributed by atoms with van der Waals surface area (Å²) in [6.45, 7) is 0.00338. The Morgan fingerprint density at radius 1 is 1.17 bits per heavy atom. The van der Waals surface area contributed by atoms with Crippen LogP contribution >= 0.6 is 11.3 Å². The zero-order chi connectivity index (χ0) is 16.1. The number of para-hydroxylation sites is 1. The number of hydrazine groups is 2. The molecule has 0 atom stereocenters. The maximum absolute atomic E-state index is 9.03. The zero-order valence-electron chi connectivity index (χ0n) is 12.2. The molecule has 8 heteroatoms. The van der Waals surface area contributed by atoms with Gasteiger partial charge in [0.05, 0.1) is 22.5 Å². The molecule has 0 unspecified atom stereocenters. The van der Waals surface area contributed by atoms with E-state index in [4.69, 9.17) is 10.9 Å². The van der Waals surface area contributed by atoms with Crippen LogP contribution < -0.4 is 22.1 Å². The number of aromatic nitrogens is 1. The number of anilines is 1. The van der Waals surface area contributed by atoms with E-state index >= 15 is 0 Å². The summed E-state index contributed by atoms with van der Waals surface area (Å²) in [4.78, 5) is 8.77. The highest BCUT2D eigenvalue weighted by atomic mass is 32.1. The van der Waals surface area contributed by atoms with Gasteiger partial charge in [0, 0.05) is 0 Å². The van der Waals surface area contributed by atoms with Crippen molar-refractivity contribution < 1.29 is 5.11 Å². The van der Waals surface area contributed by atoms with Crippen molar-refractivity contribution in [2.45, 2.75) is 6.61 Å². The first kappa shape index (κ1) is 15.2. The fourth-order valence-electron chi connectivity index (χ4n) is 1.94. The largest absolute Gasteiger partial charge is 0.392 e. The van der Waals surface area contributed by atoms with Crippen LogP contribution in [0.4, 0.5) is 10.8 Å². The Morgan fingerprint density at radius 2 is 1.96 bits per heavy atom. The van der Waals surface area contributed by atoms with Gasteiger partial charge in [0.15, 0.2) is 0 Å². The molecule has 0 fully saturated rings. The summed E-state index contributed by atoms with van der Waals surface area (Å²) in [6.07, 6.45) is 0. The molecule has 118 valence electrons. The van der Waals surface area contributed by atoms with E-state index in [1.165, 1.54) is 11.3 Å². The van der Waals surface area contributed by atoms with Crippen molar-refractivity contribution in [2.75, 3.05) is 5.43 Å². The number of nitrogens with two attached hydrogens (primary N) is 1. The summed E-state index contributed by atoms with van der Waals surface area (Å²) in [7, 11) is 0. The fourth-order valence-corrected chi connectivity index (χ4v) is 2.76. The Hall–Kier alpha value is -2.68. The monoisotopic (exact) mass is 328 g/mol. The predicted octanol–water partition coefficient (Wildman–Crippen LogP) is 1.86. The lowest BCUT2D eigenvalue weighted by Crippen LogP contribution is -2.44. The molecule has 1 aromatic heterocycles. The molecule has 0 aliphatic rings. The maximum atomic E-state index is 9.03. The first-order valence-electron chi connectivity index (χ1n) is 6.91. The van der Waals surface area contributed by atoms with Crippen LogP contribution in [0.1, 0.15) is 5.56 Å². The van der Waals surface area contributed by atoms with Gasteiger partial charge >= 0.3 is 0 Å². The smallest absolute Gasteiger partial charge is 0.230 e. The van der Waals surface area contributed by atoms with Gasteiger partial charge in [-0.1, -0.05) is 35.6 Å². The number of thiazole rings is 1. The Bertz CT molecular complexity index is 781. The van der Waals surface area contributed by atoms with E-state index in [-0.39, 0.29) is 6.61 Å². The van der Waals surface area contributed by atoms with Crippen molar-refractivity contribution in [3.8, 4) is 0 Å². The summed E-state index contributed by atoms with van der Waals surface area (Å²) in [6, 6.07) is 15.1. The number of nitrogens with one attached hydrogen (secondary N) is 3. The molecule has 2 aromatic carbocycles. The SMILES string of the molecule is NNC(=Nc1ccc(CO)cc1)NNc1nc2ccccc2s1. The van der Waals surface area contributed by atoms with E-state index in [2.05, 4.69) is 26.3 Å². The molecule has 0 amide bonds. The molecule has 6 N–H and O–H groups in total. The van der Waals surface area contributed by atoms with Gasteiger partial charge < -0.3 is 5.11 Å². The highest BCUT2D eigenvalue weighted by Gasteiger charge is 2.03. The molecule has 23 heavy (non-hydrogen) atoms. The lowest BCUT2D eigenvalue weighted by Gasteiger charge is -2.09. The number of nitrogens with zero attached hydrogens (tertiary/aromatic N) is 2. The average Bonchev–Trinajstić information content (AvgIpc) is 3.02. The zero-order valence-corrected chi connectivity index (χ0v) is 13.0. The van der Waals surface area contributed by atoms with Crippen LogP contribution in [0.2, 0.25) is 0 Å². The lowest BCUT2D eigenvalue weighted by atomic mass is 10.2. The molecular weight excluding hydrogens is 312 g/mol. The van der Waals surface area contributed by atoms with E-state index in [9.17, 15) is 0 Å². The number of aliphatic imine (C=N–C) groups is 1. The maximum Gasteiger partial charge on any atom is 0.230 e. The molecule has 0 aliphatic heterocycles. The van der Waals surface area contributed by atoms with Crippen LogP contribution in [-0.4, -0.2) is 16.1 Å². The summed E-state index contributed by atoms with van der Waals surface area (Å²) >= 11 is 1.52. The number of rotatable bonds is 4. The van der Waals surface area contributed by atoms with Gasteiger partial charge in [0.25, 0.3) is 0 Å². The third kappa shape index (κ3) is 3.75. The molecule has 0 spiro atoms. The van der Waals surface area contributed by atoms with Crippen molar-refractivity contribution in [2.24, 2.45) is 10.8 Å². The fraction of sp³-hybridized carbons (Fsp3) is 0.0667. The Labute approximate surface area is 136 Å². The molecule has 1 heterocycles. The Morgan fingerprint density at radius 3 is 2.65 bits per heavy atom.